The van der Waals surface area contributed by atoms with Gasteiger partial charge in [-0.2, -0.15) is 0 Å². The Morgan fingerprint density at radius 1 is 1.30 bits per heavy atom. The highest BCUT2D eigenvalue weighted by Crippen LogP contribution is 2.37. The van der Waals surface area contributed by atoms with Crippen molar-refractivity contribution in [2.75, 3.05) is 17.2 Å². The molecule has 2 amide bonds. The third-order valence-electron chi connectivity index (χ3n) is 5.34. The molecular formula is C20H24BrFN6O5. The average Bonchev–Trinajstić information content (AvgIpc) is 3.21. The van der Waals surface area contributed by atoms with Gasteiger partial charge in [0.05, 0.1) is 16.4 Å². The summed E-state index contributed by atoms with van der Waals surface area (Å²) >= 11 is 3.07. The second-order valence-electron chi connectivity index (χ2n) is 8.69. The number of nitrogens with one attached hydrogen (secondary N) is 2. The molecule has 13 heteroatoms. The van der Waals surface area contributed by atoms with E-state index in [1.807, 2.05) is 20.8 Å². The van der Waals surface area contributed by atoms with Crippen LogP contribution in [-0.4, -0.2) is 55.9 Å². The number of oxime groups is 1. The van der Waals surface area contributed by atoms with E-state index >= 15 is 0 Å². The van der Waals surface area contributed by atoms with Crippen LogP contribution < -0.4 is 10.6 Å². The lowest BCUT2D eigenvalue weighted by Gasteiger charge is -2.45. The van der Waals surface area contributed by atoms with Crippen molar-refractivity contribution in [1.82, 2.24) is 15.2 Å². The van der Waals surface area contributed by atoms with Gasteiger partial charge in [0.2, 0.25) is 17.6 Å². The molecule has 1 aliphatic heterocycles. The first-order valence-electron chi connectivity index (χ1n) is 10.1. The number of rotatable bonds is 4. The highest BCUT2D eigenvalue weighted by Gasteiger charge is 2.45. The zero-order chi connectivity index (χ0) is 24.3. The normalized spacial score (nSPS) is 19.3. The Labute approximate surface area is 197 Å². The van der Waals surface area contributed by atoms with E-state index in [1.165, 1.54) is 23.1 Å². The molecule has 0 saturated carbocycles. The summed E-state index contributed by atoms with van der Waals surface area (Å²) in [6.07, 6.45) is -0.0628. The lowest BCUT2D eigenvalue weighted by atomic mass is 9.73. The van der Waals surface area contributed by atoms with Crippen LogP contribution in [0.2, 0.25) is 0 Å². The van der Waals surface area contributed by atoms with Crippen molar-refractivity contribution in [2.24, 2.45) is 16.5 Å². The van der Waals surface area contributed by atoms with E-state index in [9.17, 15) is 24.3 Å². The molecule has 1 fully saturated rings. The number of carbonyl (C=O) groups excluding carboxylic acids is 1. The summed E-state index contributed by atoms with van der Waals surface area (Å²) in [5, 5.41) is 35.0. The minimum atomic E-state index is -1.08. The van der Waals surface area contributed by atoms with Gasteiger partial charge in [0.15, 0.2) is 5.69 Å². The molecule has 1 saturated heterocycles. The molecule has 11 nitrogen and oxygen atoms in total. The minimum absolute atomic E-state index is 0.0930. The van der Waals surface area contributed by atoms with Crippen LogP contribution in [0.4, 0.5) is 20.7 Å². The molecule has 4 N–H and O–H groups in total. The third kappa shape index (κ3) is 5.41. The number of amidine groups is 1. The van der Waals surface area contributed by atoms with Gasteiger partial charge in [-0.05, 0) is 62.7 Å². The van der Waals surface area contributed by atoms with E-state index in [-0.39, 0.29) is 21.8 Å². The highest BCUT2D eigenvalue weighted by molar-refractivity contribution is 9.10. The Bertz CT molecular complexity index is 1070. The van der Waals surface area contributed by atoms with E-state index in [0.717, 1.165) is 0 Å². The lowest BCUT2D eigenvalue weighted by molar-refractivity contribution is -0.125. The fraction of sp³-hybridized carbons (Fsp3) is 0.450. The molecular weight excluding hydrogens is 503 g/mol. The number of likely N-dealkylation sites (tertiary alicyclic amines) is 1. The molecule has 0 spiro atoms. The first-order chi connectivity index (χ1) is 15.5. The van der Waals surface area contributed by atoms with Crippen molar-refractivity contribution < 1.29 is 28.9 Å². The van der Waals surface area contributed by atoms with Crippen LogP contribution in [0.3, 0.4) is 0 Å². The van der Waals surface area contributed by atoms with Crippen LogP contribution in [-0.2, 0) is 4.79 Å². The van der Waals surface area contributed by atoms with Gasteiger partial charge in [0.25, 0.3) is 0 Å². The van der Waals surface area contributed by atoms with Crippen molar-refractivity contribution in [2.45, 2.75) is 39.7 Å². The van der Waals surface area contributed by atoms with Gasteiger partial charge in [0, 0.05) is 12.2 Å². The third-order valence-corrected chi connectivity index (χ3v) is 5.95. The summed E-state index contributed by atoms with van der Waals surface area (Å²) in [7, 11) is 0. The van der Waals surface area contributed by atoms with E-state index in [0.29, 0.717) is 25.1 Å². The zero-order valence-corrected chi connectivity index (χ0v) is 19.8. The summed E-state index contributed by atoms with van der Waals surface area (Å²) in [4.78, 5) is 26.3. The van der Waals surface area contributed by atoms with E-state index in [2.05, 4.69) is 42.0 Å². The molecule has 2 aromatic rings. The van der Waals surface area contributed by atoms with Crippen LogP contribution in [0.15, 0.2) is 32.5 Å². The fourth-order valence-electron chi connectivity index (χ4n) is 4.03. The van der Waals surface area contributed by atoms with Gasteiger partial charge in [-0.3, -0.25) is 4.79 Å². The smallest absolute Gasteiger partial charge is 0.407 e. The van der Waals surface area contributed by atoms with Gasteiger partial charge in [0.1, 0.15) is 5.82 Å². The number of benzene rings is 1. The SMILES string of the molecule is CC(C)(C)C1C(C(=O)Nc2nonc2C(=NO)Nc2ccc(F)c(Br)c2)CCCN1C(=O)O. The van der Waals surface area contributed by atoms with Gasteiger partial charge < -0.3 is 25.8 Å². The maximum absolute atomic E-state index is 13.5. The van der Waals surface area contributed by atoms with Crippen LogP contribution in [0.25, 0.3) is 0 Å². The lowest BCUT2D eigenvalue weighted by Crippen LogP contribution is -2.57. The summed E-state index contributed by atoms with van der Waals surface area (Å²) in [5.41, 5.74) is -0.223. The quantitative estimate of drug-likeness (QED) is 0.202. The summed E-state index contributed by atoms with van der Waals surface area (Å²) in [6, 6.07) is 3.47. The number of piperidine rings is 1. The first-order valence-corrected chi connectivity index (χ1v) is 10.9. The molecule has 2 atom stereocenters. The molecule has 1 aromatic carbocycles. The van der Waals surface area contributed by atoms with Gasteiger partial charge >= 0.3 is 6.09 Å². The van der Waals surface area contributed by atoms with Crippen LogP contribution in [0.1, 0.15) is 39.3 Å². The van der Waals surface area contributed by atoms with Crippen LogP contribution in [0.5, 0.6) is 0 Å². The number of aromatic nitrogens is 2. The molecule has 3 rings (SSSR count). The second-order valence-corrected chi connectivity index (χ2v) is 9.54. The fourth-order valence-corrected chi connectivity index (χ4v) is 4.41. The monoisotopic (exact) mass is 526 g/mol. The van der Waals surface area contributed by atoms with Gasteiger partial charge in [-0.15, -0.1) is 0 Å². The number of amides is 2. The number of halogens is 2. The maximum Gasteiger partial charge on any atom is 0.407 e. The molecule has 2 unspecified atom stereocenters. The number of hydrogen-bond donors (Lipinski definition) is 4. The van der Waals surface area contributed by atoms with Crippen LogP contribution >= 0.6 is 15.9 Å². The first kappa shape index (κ1) is 24.4. The van der Waals surface area contributed by atoms with Crippen molar-refractivity contribution in [3.8, 4) is 0 Å². The Hall–Kier alpha value is -3.22. The van der Waals surface area contributed by atoms with Crippen molar-refractivity contribution >= 4 is 45.3 Å². The second kappa shape index (κ2) is 9.73. The Kier molecular flexibility index (Phi) is 7.20. The number of anilines is 2. The van der Waals surface area contributed by atoms with E-state index < -0.39 is 35.2 Å². The summed E-state index contributed by atoms with van der Waals surface area (Å²) < 4.78 is 18.4. The van der Waals surface area contributed by atoms with Crippen molar-refractivity contribution in [1.29, 1.82) is 0 Å². The van der Waals surface area contributed by atoms with Crippen molar-refractivity contribution in [3.63, 3.8) is 0 Å². The molecule has 2 heterocycles. The van der Waals surface area contributed by atoms with E-state index in [4.69, 9.17) is 4.63 Å². The number of hydrogen-bond acceptors (Lipinski definition) is 7. The topological polar surface area (TPSA) is 153 Å². The summed E-state index contributed by atoms with van der Waals surface area (Å²) in [6.45, 7) is 5.98. The molecule has 178 valence electrons. The Balaban J connectivity index is 1.83. The molecule has 1 aromatic heterocycles. The van der Waals surface area contributed by atoms with Crippen LogP contribution in [0, 0.1) is 17.2 Å². The average molecular weight is 527 g/mol. The zero-order valence-electron chi connectivity index (χ0n) is 18.2. The minimum Gasteiger partial charge on any atom is -0.465 e. The number of nitrogens with zero attached hydrogens (tertiary/aromatic N) is 4. The van der Waals surface area contributed by atoms with Crippen molar-refractivity contribution in [3.05, 3.63) is 34.2 Å². The maximum atomic E-state index is 13.5. The highest BCUT2D eigenvalue weighted by atomic mass is 79.9. The molecule has 0 bridgehead atoms. The predicted octanol–water partition coefficient (Wildman–Crippen LogP) is 3.96. The van der Waals surface area contributed by atoms with E-state index in [1.54, 1.807) is 0 Å². The molecule has 0 radical (unpaired) electrons. The molecule has 1 aliphatic rings. The number of carboxylic acid groups (broad SMARTS) is 1. The molecule has 0 aliphatic carbocycles. The Morgan fingerprint density at radius 2 is 2.03 bits per heavy atom. The van der Waals surface area contributed by atoms with Gasteiger partial charge in [-0.25, -0.2) is 13.8 Å². The van der Waals surface area contributed by atoms with Gasteiger partial charge in [-0.1, -0.05) is 25.9 Å². The predicted molar refractivity (Wildman–Crippen MR) is 120 cm³/mol. The summed E-state index contributed by atoms with van der Waals surface area (Å²) in [5.74, 6) is -1.89. The largest absolute Gasteiger partial charge is 0.465 e. The number of carbonyl (C=O) groups is 2. The standard InChI is InChI=1S/C20H24BrFN6O5/c1-20(2,3)15-11(5-4-8-28(15)19(30)31)18(29)24-17-14(26-33-27-17)16(25-32)23-10-6-7-13(22)12(21)9-10/h6-7,9,11,15,32H,4-5,8H2,1-3H3,(H,23,25)(H,30,31)(H,24,27,29). The molecule has 33 heavy (non-hydrogen) atoms. The Morgan fingerprint density at radius 3 is 2.64 bits per heavy atom.